The van der Waals surface area contributed by atoms with Crippen molar-refractivity contribution < 1.29 is 4.79 Å². The van der Waals surface area contributed by atoms with Crippen LogP contribution in [-0.2, 0) is 6.54 Å². The third-order valence-corrected chi connectivity index (χ3v) is 3.66. The lowest BCUT2D eigenvalue weighted by Gasteiger charge is -2.17. The summed E-state index contributed by atoms with van der Waals surface area (Å²) in [5, 5.41) is 16.0. The van der Waals surface area contributed by atoms with Crippen molar-refractivity contribution in [2.75, 3.05) is 0 Å². The maximum absolute atomic E-state index is 12.3. The molecule has 1 saturated carbocycles. The van der Waals surface area contributed by atoms with Gasteiger partial charge in [0.2, 0.25) is 0 Å². The number of nitrogens with one attached hydrogen (secondary N) is 2. The monoisotopic (exact) mass is 284 g/mol. The first-order valence-corrected chi connectivity index (χ1v) is 7.00. The third kappa shape index (κ3) is 2.65. The van der Waals surface area contributed by atoms with Crippen molar-refractivity contribution in [2.24, 2.45) is 5.92 Å². The lowest BCUT2D eigenvalue weighted by atomic mass is 10.1. The van der Waals surface area contributed by atoms with Gasteiger partial charge in [0.05, 0.1) is 11.6 Å². The first kappa shape index (κ1) is 13.4. The molecule has 0 aromatic carbocycles. The highest BCUT2D eigenvalue weighted by Crippen LogP contribution is 2.40. The maximum Gasteiger partial charge on any atom is 0.268 e. The molecule has 0 unspecified atom stereocenters. The number of carbonyl (C=O) groups excluding carboxylic acids is 1. The Hall–Kier alpha value is -2.62. The van der Waals surface area contributed by atoms with Crippen LogP contribution in [0, 0.1) is 17.2 Å². The number of amides is 1. The topological polar surface area (TPSA) is 99.4 Å². The zero-order valence-corrected chi connectivity index (χ0v) is 11.7. The second kappa shape index (κ2) is 5.40. The summed E-state index contributed by atoms with van der Waals surface area (Å²) >= 11 is 0. The lowest BCUT2D eigenvalue weighted by Crippen LogP contribution is -2.32. The quantitative estimate of drug-likeness (QED) is 0.866. The van der Waals surface area contributed by atoms with Gasteiger partial charge < -0.3 is 10.3 Å². The van der Waals surface area contributed by atoms with Crippen LogP contribution in [0.3, 0.4) is 0 Å². The number of carbonyl (C=O) groups is 1. The van der Waals surface area contributed by atoms with E-state index in [1.807, 2.05) is 13.0 Å². The number of aromatic amines is 1. The largest absolute Gasteiger partial charge is 0.356 e. The summed E-state index contributed by atoms with van der Waals surface area (Å²) in [5.41, 5.74) is 0.833. The van der Waals surface area contributed by atoms with E-state index in [0.29, 0.717) is 17.2 Å². The van der Waals surface area contributed by atoms with Gasteiger partial charge in [0, 0.05) is 12.7 Å². The molecule has 0 bridgehead atoms. The fourth-order valence-corrected chi connectivity index (χ4v) is 2.39. The van der Waals surface area contributed by atoms with Crippen molar-refractivity contribution in [3.63, 3.8) is 0 Å². The lowest BCUT2D eigenvalue weighted by molar-refractivity contribution is 0.0924. The molecule has 1 amide bonds. The normalized spacial score (nSPS) is 15.4. The highest BCUT2D eigenvalue weighted by molar-refractivity contribution is 5.93. The number of rotatable bonds is 5. The Balaban J connectivity index is 1.80. The first-order valence-electron chi connectivity index (χ1n) is 7.00. The van der Waals surface area contributed by atoms with Crippen LogP contribution >= 0.6 is 0 Å². The summed E-state index contributed by atoms with van der Waals surface area (Å²) < 4.78 is 1.80. The number of H-pyrrole nitrogens is 1. The van der Waals surface area contributed by atoms with Crippen LogP contribution in [0.4, 0.5) is 0 Å². The van der Waals surface area contributed by atoms with E-state index in [4.69, 9.17) is 5.26 Å². The van der Waals surface area contributed by atoms with Crippen LogP contribution in [0.5, 0.6) is 0 Å². The van der Waals surface area contributed by atoms with Gasteiger partial charge in [-0.25, -0.2) is 9.67 Å². The molecular weight excluding hydrogens is 268 g/mol. The summed E-state index contributed by atoms with van der Waals surface area (Å²) in [5.74, 6) is 0.980. The molecule has 2 aromatic rings. The van der Waals surface area contributed by atoms with Crippen LogP contribution < -0.4 is 5.32 Å². The fourth-order valence-electron chi connectivity index (χ4n) is 2.39. The third-order valence-electron chi connectivity index (χ3n) is 3.66. The van der Waals surface area contributed by atoms with Gasteiger partial charge in [0.1, 0.15) is 23.9 Å². The van der Waals surface area contributed by atoms with Gasteiger partial charge in [0.25, 0.3) is 5.91 Å². The minimum absolute atomic E-state index is 0.131. The Morgan fingerprint density at radius 2 is 2.48 bits per heavy atom. The van der Waals surface area contributed by atoms with Gasteiger partial charge in [-0.1, -0.05) is 0 Å². The highest BCUT2D eigenvalue weighted by atomic mass is 16.2. The Kier molecular flexibility index (Phi) is 3.44. The van der Waals surface area contributed by atoms with E-state index in [9.17, 15) is 4.79 Å². The molecule has 1 atom stereocenters. The Morgan fingerprint density at radius 1 is 1.67 bits per heavy atom. The Labute approximate surface area is 122 Å². The Morgan fingerprint density at radius 3 is 3.10 bits per heavy atom. The van der Waals surface area contributed by atoms with Crippen LogP contribution in [0.15, 0.2) is 18.6 Å². The molecule has 0 saturated heterocycles. The van der Waals surface area contributed by atoms with Crippen molar-refractivity contribution >= 4 is 5.91 Å². The van der Waals surface area contributed by atoms with E-state index in [2.05, 4.69) is 20.4 Å². The molecule has 2 aromatic heterocycles. The molecule has 1 fully saturated rings. The number of aryl methyl sites for hydroxylation is 1. The van der Waals surface area contributed by atoms with Gasteiger partial charge in [0.15, 0.2) is 0 Å². The van der Waals surface area contributed by atoms with Gasteiger partial charge >= 0.3 is 0 Å². The molecule has 1 aliphatic carbocycles. The minimum Gasteiger partial charge on any atom is -0.356 e. The number of hydrogen-bond acceptors (Lipinski definition) is 4. The van der Waals surface area contributed by atoms with E-state index < -0.39 is 0 Å². The zero-order chi connectivity index (χ0) is 14.8. The average molecular weight is 284 g/mol. The molecule has 2 heterocycles. The van der Waals surface area contributed by atoms with Gasteiger partial charge in [-0.05, 0) is 31.7 Å². The van der Waals surface area contributed by atoms with Gasteiger partial charge in [-0.3, -0.25) is 4.79 Å². The molecular formula is C14H16N6O. The number of nitriles is 1. The van der Waals surface area contributed by atoms with Crippen molar-refractivity contribution in [3.05, 3.63) is 35.7 Å². The van der Waals surface area contributed by atoms with Crippen LogP contribution in [0.2, 0.25) is 0 Å². The summed E-state index contributed by atoms with van der Waals surface area (Å²) in [4.78, 5) is 19.4. The first-order chi connectivity index (χ1) is 10.2. The Bertz CT molecular complexity index is 690. The minimum atomic E-state index is -0.223. The van der Waals surface area contributed by atoms with Crippen molar-refractivity contribution in [1.82, 2.24) is 25.1 Å². The summed E-state index contributed by atoms with van der Waals surface area (Å²) in [6.45, 7) is 2.71. The van der Waals surface area contributed by atoms with Crippen LogP contribution in [0.25, 0.3) is 0 Å². The van der Waals surface area contributed by atoms with E-state index in [0.717, 1.165) is 25.2 Å². The van der Waals surface area contributed by atoms with Crippen molar-refractivity contribution in [3.8, 4) is 6.07 Å². The summed E-state index contributed by atoms with van der Waals surface area (Å²) in [6.07, 6.45) is 5.20. The van der Waals surface area contributed by atoms with Crippen molar-refractivity contribution in [1.29, 1.82) is 5.26 Å². The second-order valence-electron chi connectivity index (χ2n) is 5.14. The second-order valence-corrected chi connectivity index (χ2v) is 5.14. The SMILES string of the molecule is CCn1ncnc1[C@H](NC(=O)c1cc(C#N)c[nH]1)C1CC1. The van der Waals surface area contributed by atoms with Gasteiger partial charge in [-0.2, -0.15) is 10.4 Å². The molecule has 7 nitrogen and oxygen atoms in total. The van der Waals surface area contributed by atoms with Crippen LogP contribution in [-0.4, -0.2) is 25.7 Å². The fraction of sp³-hybridized carbons (Fsp3) is 0.429. The zero-order valence-electron chi connectivity index (χ0n) is 11.7. The predicted molar refractivity (Wildman–Crippen MR) is 74.1 cm³/mol. The smallest absolute Gasteiger partial charge is 0.268 e. The molecule has 3 rings (SSSR count). The van der Waals surface area contributed by atoms with E-state index in [1.54, 1.807) is 10.7 Å². The molecule has 0 spiro atoms. The maximum atomic E-state index is 12.3. The average Bonchev–Trinajstić information content (AvgIpc) is 3.05. The molecule has 1 aliphatic rings. The van der Waals surface area contributed by atoms with E-state index >= 15 is 0 Å². The molecule has 2 N–H and O–H groups in total. The molecule has 0 aliphatic heterocycles. The summed E-state index contributed by atoms with van der Waals surface area (Å²) in [6, 6.07) is 3.41. The van der Waals surface area contributed by atoms with E-state index in [-0.39, 0.29) is 11.9 Å². The highest BCUT2D eigenvalue weighted by Gasteiger charge is 2.36. The molecule has 0 radical (unpaired) electrons. The number of aromatic nitrogens is 4. The number of nitrogens with zero attached hydrogens (tertiary/aromatic N) is 4. The molecule has 21 heavy (non-hydrogen) atoms. The van der Waals surface area contributed by atoms with Crippen molar-refractivity contribution in [2.45, 2.75) is 32.4 Å². The van der Waals surface area contributed by atoms with E-state index in [1.165, 1.54) is 12.5 Å². The molecule has 108 valence electrons. The summed E-state index contributed by atoms with van der Waals surface area (Å²) in [7, 11) is 0. The standard InChI is InChI=1S/C14H16N6O/c1-2-20-13(17-8-18-20)12(10-3-4-10)19-14(21)11-5-9(6-15)7-16-11/h5,7-8,10,12,16H,2-4H2,1H3,(H,19,21)/t12-/m1/s1. The number of hydrogen-bond donors (Lipinski definition) is 2. The molecule has 7 heteroatoms. The van der Waals surface area contributed by atoms with Gasteiger partial charge in [-0.15, -0.1) is 0 Å². The van der Waals surface area contributed by atoms with Crippen LogP contribution in [0.1, 0.15) is 47.7 Å². The predicted octanol–water partition coefficient (Wildman–Crippen LogP) is 1.38.